The zero-order valence-corrected chi connectivity index (χ0v) is 16.2. The molecular weight excluding hydrogens is 372 g/mol. The van der Waals surface area contributed by atoms with Gasteiger partial charge in [0.2, 0.25) is 15.9 Å². The van der Waals surface area contributed by atoms with E-state index in [2.05, 4.69) is 5.10 Å². The van der Waals surface area contributed by atoms with Crippen LogP contribution in [0.15, 0.2) is 24.4 Å². The van der Waals surface area contributed by atoms with Crippen molar-refractivity contribution in [3.8, 4) is 0 Å². The highest BCUT2D eigenvalue weighted by atomic mass is 32.2. The quantitative estimate of drug-likeness (QED) is 0.840. The lowest BCUT2D eigenvalue weighted by Crippen LogP contribution is -2.28. The lowest BCUT2D eigenvalue weighted by Gasteiger charge is -2.20. The minimum absolute atomic E-state index is 0.104. The zero-order valence-electron chi connectivity index (χ0n) is 15.4. The van der Waals surface area contributed by atoms with Gasteiger partial charge in [0.25, 0.3) is 0 Å². The van der Waals surface area contributed by atoms with Gasteiger partial charge in [0.15, 0.2) is 0 Å². The second-order valence-electron chi connectivity index (χ2n) is 7.65. The highest BCUT2D eigenvalue weighted by molar-refractivity contribution is 7.89. The van der Waals surface area contributed by atoms with E-state index in [1.54, 1.807) is 39.0 Å². The van der Waals surface area contributed by atoms with Crippen LogP contribution in [0.2, 0.25) is 0 Å². The number of amides is 1. The molecule has 146 valence electrons. The van der Waals surface area contributed by atoms with Crippen molar-refractivity contribution in [2.24, 2.45) is 11.1 Å². The van der Waals surface area contributed by atoms with Crippen LogP contribution in [0.1, 0.15) is 27.2 Å². The molecule has 0 bridgehead atoms. The Morgan fingerprint density at radius 2 is 2.07 bits per heavy atom. The van der Waals surface area contributed by atoms with E-state index in [-0.39, 0.29) is 30.5 Å². The van der Waals surface area contributed by atoms with Gasteiger partial charge in [0.1, 0.15) is 5.60 Å². The van der Waals surface area contributed by atoms with Crippen LogP contribution in [0, 0.1) is 5.92 Å². The molecule has 1 aromatic carbocycles. The van der Waals surface area contributed by atoms with E-state index in [4.69, 9.17) is 9.88 Å². The van der Waals surface area contributed by atoms with Gasteiger partial charge in [-0.1, -0.05) is 6.07 Å². The number of anilines is 1. The third kappa shape index (κ3) is 4.28. The van der Waals surface area contributed by atoms with Crippen molar-refractivity contribution in [2.75, 3.05) is 17.2 Å². The summed E-state index contributed by atoms with van der Waals surface area (Å²) in [5.74, 6) is -0.813. The van der Waals surface area contributed by atoms with Gasteiger partial charge in [-0.2, -0.15) is 9.78 Å². The third-order valence-electron chi connectivity index (χ3n) is 4.12. The summed E-state index contributed by atoms with van der Waals surface area (Å²) in [7, 11) is -3.66. The number of carbonyl (C=O) groups excluding carboxylic acids is 2. The average Bonchev–Trinajstić information content (AvgIpc) is 3.07. The molecular formula is C17H22N4O5S. The molecule has 1 atom stereocenters. The number of sulfonamides is 1. The molecule has 1 aromatic heterocycles. The van der Waals surface area contributed by atoms with E-state index in [9.17, 15) is 18.0 Å². The minimum Gasteiger partial charge on any atom is -0.442 e. The van der Waals surface area contributed by atoms with Crippen molar-refractivity contribution in [2.45, 2.75) is 32.8 Å². The Labute approximate surface area is 157 Å². The Bertz CT molecular complexity index is 1010. The summed E-state index contributed by atoms with van der Waals surface area (Å²) < 4.78 is 29.1. The fourth-order valence-electron chi connectivity index (χ4n) is 3.18. The second-order valence-corrected chi connectivity index (χ2v) is 9.31. The second kappa shape index (κ2) is 6.61. The monoisotopic (exact) mass is 394 g/mol. The molecule has 1 unspecified atom stereocenters. The number of ether oxygens (including phenoxy) is 1. The molecule has 2 N–H and O–H groups in total. The number of benzene rings is 1. The first-order chi connectivity index (χ1) is 12.4. The predicted octanol–water partition coefficient (Wildman–Crippen LogP) is 1.46. The van der Waals surface area contributed by atoms with Crippen LogP contribution < -0.4 is 10.0 Å². The maximum absolute atomic E-state index is 12.4. The van der Waals surface area contributed by atoms with Crippen molar-refractivity contribution >= 4 is 38.6 Å². The maximum atomic E-state index is 12.4. The number of fused-ring (bicyclic) bond motifs is 1. The standard InChI is InChI=1S/C17H22N4O5S/c1-17(2,3)26-16(23)21-14-6-4-5-13(12(14)8-19-21)20-9-11(7-15(20)22)10-27(18,24)25/h4-6,8,11H,7,9-10H2,1-3H3,(H2,18,24,25). The number of hydrogen-bond donors (Lipinski definition) is 1. The predicted molar refractivity (Wildman–Crippen MR) is 99.8 cm³/mol. The Kier molecular flexibility index (Phi) is 4.73. The molecule has 0 spiro atoms. The van der Waals surface area contributed by atoms with Crippen molar-refractivity contribution in [3.63, 3.8) is 0 Å². The maximum Gasteiger partial charge on any atom is 0.435 e. The number of hydrogen-bond acceptors (Lipinski definition) is 6. The van der Waals surface area contributed by atoms with Gasteiger partial charge in [0.05, 0.1) is 23.2 Å². The van der Waals surface area contributed by atoms with Gasteiger partial charge in [-0.05, 0) is 32.9 Å². The molecule has 3 rings (SSSR count). The third-order valence-corrected chi connectivity index (χ3v) is 5.06. The number of rotatable bonds is 3. The van der Waals surface area contributed by atoms with Crippen LogP contribution in [0.3, 0.4) is 0 Å². The summed E-state index contributed by atoms with van der Waals surface area (Å²) in [6.45, 7) is 5.52. The van der Waals surface area contributed by atoms with E-state index in [1.165, 1.54) is 11.1 Å². The fourth-order valence-corrected chi connectivity index (χ4v) is 4.06. The van der Waals surface area contributed by atoms with E-state index in [1.807, 2.05) is 0 Å². The number of nitrogens with zero attached hydrogens (tertiary/aromatic N) is 3. The summed E-state index contributed by atoms with van der Waals surface area (Å²) in [6, 6.07) is 5.15. The summed E-state index contributed by atoms with van der Waals surface area (Å²) in [5, 5.41) is 9.81. The smallest absolute Gasteiger partial charge is 0.435 e. The molecule has 0 aliphatic carbocycles. The first-order valence-corrected chi connectivity index (χ1v) is 10.2. The van der Waals surface area contributed by atoms with Gasteiger partial charge < -0.3 is 9.64 Å². The molecule has 1 aliphatic heterocycles. The average molecular weight is 394 g/mol. The molecule has 1 fully saturated rings. The topological polar surface area (TPSA) is 125 Å². The zero-order chi connectivity index (χ0) is 20.0. The van der Waals surface area contributed by atoms with E-state index in [0.717, 1.165) is 4.68 Å². The summed E-state index contributed by atoms with van der Waals surface area (Å²) in [4.78, 5) is 26.3. The van der Waals surface area contributed by atoms with Gasteiger partial charge >= 0.3 is 6.09 Å². The molecule has 2 heterocycles. The summed E-state index contributed by atoms with van der Waals surface area (Å²) in [6.07, 6.45) is 0.983. The molecule has 27 heavy (non-hydrogen) atoms. The number of primary sulfonamides is 1. The largest absolute Gasteiger partial charge is 0.442 e. The Morgan fingerprint density at radius 3 is 2.70 bits per heavy atom. The minimum atomic E-state index is -3.66. The molecule has 10 heteroatoms. The van der Waals surface area contributed by atoms with Crippen molar-refractivity contribution in [3.05, 3.63) is 24.4 Å². The highest BCUT2D eigenvalue weighted by Gasteiger charge is 2.34. The summed E-state index contributed by atoms with van der Waals surface area (Å²) in [5.41, 5.74) is 0.410. The summed E-state index contributed by atoms with van der Waals surface area (Å²) >= 11 is 0. The molecule has 0 saturated carbocycles. The number of carbonyl (C=O) groups is 2. The van der Waals surface area contributed by atoms with E-state index < -0.39 is 21.7 Å². The van der Waals surface area contributed by atoms with E-state index in [0.29, 0.717) is 16.6 Å². The number of nitrogens with two attached hydrogens (primary N) is 1. The molecule has 1 aliphatic rings. The fraction of sp³-hybridized carbons (Fsp3) is 0.471. The van der Waals surface area contributed by atoms with Crippen LogP contribution in [0.4, 0.5) is 10.5 Å². The van der Waals surface area contributed by atoms with Gasteiger partial charge in [-0.3, -0.25) is 4.79 Å². The first-order valence-electron chi connectivity index (χ1n) is 8.45. The highest BCUT2D eigenvalue weighted by Crippen LogP contribution is 2.32. The Balaban J connectivity index is 1.93. The van der Waals surface area contributed by atoms with Gasteiger partial charge in [0, 0.05) is 24.3 Å². The molecule has 9 nitrogen and oxygen atoms in total. The van der Waals surface area contributed by atoms with Crippen molar-refractivity contribution in [1.29, 1.82) is 0 Å². The van der Waals surface area contributed by atoms with Gasteiger partial charge in [-0.25, -0.2) is 18.4 Å². The number of aromatic nitrogens is 2. The normalized spacial score (nSPS) is 18.3. The lowest BCUT2D eigenvalue weighted by molar-refractivity contribution is -0.117. The Morgan fingerprint density at radius 1 is 1.37 bits per heavy atom. The molecule has 0 radical (unpaired) electrons. The van der Waals surface area contributed by atoms with Gasteiger partial charge in [-0.15, -0.1) is 0 Å². The van der Waals surface area contributed by atoms with Crippen LogP contribution >= 0.6 is 0 Å². The SMILES string of the molecule is CC(C)(C)OC(=O)n1ncc2c(N3CC(CS(N)(=O)=O)CC3=O)cccc21. The van der Waals surface area contributed by atoms with Crippen molar-refractivity contribution < 1.29 is 22.7 Å². The van der Waals surface area contributed by atoms with Crippen LogP contribution in [-0.4, -0.2) is 48.1 Å². The first kappa shape index (κ1) is 19.3. The van der Waals surface area contributed by atoms with Crippen LogP contribution in [0.5, 0.6) is 0 Å². The Hall–Kier alpha value is -2.46. The van der Waals surface area contributed by atoms with Crippen LogP contribution in [-0.2, 0) is 19.6 Å². The van der Waals surface area contributed by atoms with E-state index >= 15 is 0 Å². The lowest BCUT2D eigenvalue weighted by atomic mass is 10.1. The molecule has 1 saturated heterocycles. The van der Waals surface area contributed by atoms with Crippen molar-refractivity contribution in [1.82, 2.24) is 9.78 Å². The van der Waals surface area contributed by atoms with Crippen LogP contribution in [0.25, 0.3) is 10.9 Å². The molecule has 2 aromatic rings. The molecule has 1 amide bonds.